The highest BCUT2D eigenvalue weighted by Gasteiger charge is 2.54. The Labute approximate surface area is 152 Å². The van der Waals surface area contributed by atoms with Gasteiger partial charge in [0.25, 0.3) is 0 Å². The first-order valence-corrected chi connectivity index (χ1v) is 9.97. The molecule has 0 radical (unpaired) electrons. The number of esters is 1. The van der Waals surface area contributed by atoms with Gasteiger partial charge in [0.15, 0.2) is 0 Å². The first-order valence-electron chi connectivity index (χ1n) is 9.97. The Hall–Kier alpha value is -1.32. The smallest absolute Gasteiger partial charge is 0.326 e. The molecule has 1 amide bonds. The van der Waals surface area contributed by atoms with Crippen molar-refractivity contribution in [2.24, 2.45) is 23.7 Å². The van der Waals surface area contributed by atoms with Crippen LogP contribution in [0, 0.1) is 23.7 Å². The van der Waals surface area contributed by atoms with Crippen LogP contribution in [0.15, 0.2) is 12.2 Å². The van der Waals surface area contributed by atoms with Gasteiger partial charge >= 0.3 is 5.97 Å². The summed E-state index contributed by atoms with van der Waals surface area (Å²) >= 11 is 0. The van der Waals surface area contributed by atoms with Crippen LogP contribution in [-0.4, -0.2) is 36.0 Å². The molecule has 0 saturated heterocycles. The number of carbonyl (C=O) groups excluding carboxylic acids is 2. The molecule has 3 fully saturated rings. The summed E-state index contributed by atoms with van der Waals surface area (Å²) in [4.78, 5) is 26.0. The van der Waals surface area contributed by atoms with Crippen molar-refractivity contribution in [2.45, 2.75) is 70.8 Å². The highest BCUT2D eigenvalue weighted by molar-refractivity contribution is 5.94. The van der Waals surface area contributed by atoms with Crippen molar-refractivity contribution in [2.75, 3.05) is 13.6 Å². The van der Waals surface area contributed by atoms with Gasteiger partial charge in [0.05, 0.1) is 0 Å². The van der Waals surface area contributed by atoms with Crippen LogP contribution >= 0.6 is 0 Å². The third-order valence-electron chi connectivity index (χ3n) is 6.87. The van der Waals surface area contributed by atoms with Crippen molar-refractivity contribution in [1.29, 1.82) is 0 Å². The van der Waals surface area contributed by atoms with Gasteiger partial charge in [-0.05, 0) is 69.1 Å². The zero-order valence-electron chi connectivity index (χ0n) is 16.1. The number of fused-ring (bicyclic) bond motifs is 2. The Morgan fingerprint density at radius 2 is 1.96 bits per heavy atom. The molecule has 0 aliphatic heterocycles. The molecule has 5 unspecified atom stereocenters. The summed E-state index contributed by atoms with van der Waals surface area (Å²) in [6.07, 6.45) is 9.54. The minimum atomic E-state index is -0.292. The minimum absolute atomic E-state index is 0.0153. The lowest BCUT2D eigenvalue weighted by Gasteiger charge is -2.56. The predicted molar refractivity (Wildman–Crippen MR) is 97.8 cm³/mol. The second-order valence-corrected chi connectivity index (χ2v) is 8.80. The van der Waals surface area contributed by atoms with Crippen molar-refractivity contribution in [3.05, 3.63) is 12.2 Å². The summed E-state index contributed by atoms with van der Waals surface area (Å²) in [5.41, 5.74) is 0.155. The van der Waals surface area contributed by atoms with Crippen LogP contribution in [0.3, 0.4) is 0 Å². The maximum atomic E-state index is 12.7. The molecule has 3 saturated carbocycles. The fourth-order valence-electron chi connectivity index (χ4n) is 5.86. The Morgan fingerprint density at radius 3 is 2.64 bits per heavy atom. The average Bonchev–Trinajstić information content (AvgIpc) is 2.55. The van der Waals surface area contributed by atoms with Crippen molar-refractivity contribution in [3.63, 3.8) is 0 Å². The zero-order valence-corrected chi connectivity index (χ0v) is 16.1. The summed E-state index contributed by atoms with van der Waals surface area (Å²) in [6.45, 7) is 7.53. The highest BCUT2D eigenvalue weighted by atomic mass is 16.6. The maximum absolute atomic E-state index is 12.7. The molecular formula is C21H33NO3. The molecule has 3 rings (SSSR count). The Bertz CT molecular complexity index is 555. The molecular weight excluding hydrogens is 314 g/mol. The molecule has 5 atom stereocenters. The van der Waals surface area contributed by atoms with Gasteiger partial charge in [0.1, 0.15) is 12.1 Å². The van der Waals surface area contributed by atoms with Crippen molar-refractivity contribution >= 4 is 11.9 Å². The van der Waals surface area contributed by atoms with Gasteiger partial charge in [-0.3, -0.25) is 9.59 Å². The lowest BCUT2D eigenvalue weighted by atomic mass is 9.52. The second-order valence-electron chi connectivity index (χ2n) is 8.80. The van der Waals surface area contributed by atoms with E-state index in [2.05, 4.69) is 13.5 Å². The van der Waals surface area contributed by atoms with Gasteiger partial charge < -0.3 is 9.64 Å². The van der Waals surface area contributed by atoms with Crippen molar-refractivity contribution in [3.8, 4) is 0 Å². The molecule has 4 nitrogen and oxygen atoms in total. The molecule has 140 valence electrons. The fourth-order valence-corrected chi connectivity index (χ4v) is 5.86. The average molecular weight is 347 g/mol. The first-order chi connectivity index (χ1) is 11.8. The molecule has 0 aromatic carbocycles. The summed E-state index contributed by atoms with van der Waals surface area (Å²) < 4.78 is 6.20. The monoisotopic (exact) mass is 347 g/mol. The van der Waals surface area contributed by atoms with E-state index >= 15 is 0 Å². The topological polar surface area (TPSA) is 46.6 Å². The van der Waals surface area contributed by atoms with E-state index in [-0.39, 0.29) is 24.0 Å². The highest BCUT2D eigenvalue weighted by Crippen LogP contribution is 2.58. The lowest BCUT2D eigenvalue weighted by molar-refractivity contribution is -0.191. The van der Waals surface area contributed by atoms with E-state index in [9.17, 15) is 9.59 Å². The number of nitrogens with zero attached hydrogens (tertiary/aromatic N) is 1. The second kappa shape index (κ2) is 7.13. The lowest BCUT2D eigenvalue weighted by Crippen LogP contribution is -2.55. The first kappa shape index (κ1) is 18.5. The van der Waals surface area contributed by atoms with Crippen molar-refractivity contribution in [1.82, 2.24) is 4.90 Å². The van der Waals surface area contributed by atoms with Crippen LogP contribution in [0.25, 0.3) is 0 Å². The van der Waals surface area contributed by atoms with Crippen LogP contribution in [0.1, 0.15) is 65.2 Å². The molecule has 0 aromatic heterocycles. The normalized spacial score (nSPS) is 36.0. The van der Waals surface area contributed by atoms with E-state index in [0.717, 1.165) is 37.0 Å². The standard InChI is InChI=1S/C21H33NO3/c1-5-8-21(25-19(23)13-22(4)20(24)14(2)3)12-16-7-6-15-9-17(16)11-18(21)10-15/h15-18H,2,5-13H2,1,3-4H3. The van der Waals surface area contributed by atoms with E-state index in [4.69, 9.17) is 4.74 Å². The molecule has 3 aliphatic rings. The number of rotatable bonds is 6. The molecule has 0 heterocycles. The molecule has 0 spiro atoms. The van der Waals surface area contributed by atoms with Crippen molar-refractivity contribution < 1.29 is 14.3 Å². The number of likely N-dealkylation sites (N-methyl/N-ethyl adjacent to an activating group) is 1. The van der Waals surface area contributed by atoms with E-state index in [1.807, 2.05) is 0 Å². The largest absolute Gasteiger partial charge is 0.457 e. The molecule has 25 heavy (non-hydrogen) atoms. The van der Waals surface area contributed by atoms with Gasteiger partial charge in [0, 0.05) is 12.6 Å². The summed E-state index contributed by atoms with van der Waals surface area (Å²) in [5.74, 6) is 2.48. The van der Waals surface area contributed by atoms with Gasteiger partial charge in [-0.15, -0.1) is 0 Å². The molecule has 0 N–H and O–H groups in total. The summed E-state index contributed by atoms with van der Waals surface area (Å²) in [5, 5.41) is 0. The molecule has 3 aliphatic carbocycles. The Morgan fingerprint density at radius 1 is 1.20 bits per heavy atom. The van der Waals surface area contributed by atoms with Crippen LogP contribution in [-0.2, 0) is 14.3 Å². The number of ether oxygens (including phenoxy) is 1. The minimum Gasteiger partial charge on any atom is -0.457 e. The van der Waals surface area contributed by atoms with Gasteiger partial charge in [0.2, 0.25) is 5.91 Å². The van der Waals surface area contributed by atoms with Gasteiger partial charge in [-0.2, -0.15) is 0 Å². The maximum Gasteiger partial charge on any atom is 0.326 e. The number of hydrogen-bond acceptors (Lipinski definition) is 3. The fraction of sp³-hybridized carbons (Fsp3) is 0.810. The number of amides is 1. The third kappa shape index (κ3) is 3.63. The SMILES string of the molecule is C=C(C)C(=O)N(C)CC(=O)OC1(CCC)CC2CCC3CC2CC1C3. The van der Waals surface area contributed by atoms with E-state index in [1.165, 1.54) is 37.0 Å². The van der Waals surface area contributed by atoms with Crippen LogP contribution < -0.4 is 0 Å². The molecule has 3 bridgehead atoms. The van der Waals surface area contributed by atoms with Crippen LogP contribution in [0.5, 0.6) is 0 Å². The number of carbonyl (C=O) groups is 2. The third-order valence-corrected chi connectivity index (χ3v) is 6.87. The predicted octanol–water partition coefficient (Wildman–Crippen LogP) is 3.95. The summed E-state index contributed by atoms with van der Waals surface area (Å²) in [7, 11) is 1.64. The van der Waals surface area contributed by atoms with E-state index in [0.29, 0.717) is 11.5 Å². The molecule has 4 heteroatoms. The number of hydrogen-bond donors (Lipinski definition) is 0. The van der Waals surface area contributed by atoms with Crippen LogP contribution in [0.2, 0.25) is 0 Å². The summed E-state index contributed by atoms with van der Waals surface area (Å²) in [6, 6.07) is 0. The van der Waals surface area contributed by atoms with Gasteiger partial charge in [-0.1, -0.05) is 26.3 Å². The van der Waals surface area contributed by atoms with Gasteiger partial charge in [-0.25, -0.2) is 0 Å². The Kier molecular flexibility index (Phi) is 5.26. The van der Waals surface area contributed by atoms with E-state index < -0.39 is 0 Å². The Balaban J connectivity index is 1.71. The quantitative estimate of drug-likeness (QED) is 0.540. The molecule has 0 aromatic rings. The van der Waals surface area contributed by atoms with Crippen LogP contribution in [0.4, 0.5) is 0 Å². The van der Waals surface area contributed by atoms with E-state index in [1.54, 1.807) is 14.0 Å². The zero-order chi connectivity index (χ0) is 18.2.